The van der Waals surface area contributed by atoms with Crippen LogP contribution in [0.4, 0.5) is 5.69 Å². The molecule has 0 spiro atoms. The zero-order chi connectivity index (χ0) is 12.5. The van der Waals surface area contributed by atoms with Crippen molar-refractivity contribution in [3.05, 3.63) is 29.8 Å². The second-order valence-corrected chi connectivity index (χ2v) is 5.63. The smallest absolute Gasteiger partial charge is 0.0602 e. The van der Waals surface area contributed by atoms with Crippen molar-refractivity contribution < 1.29 is 5.11 Å². The number of nitrogens with zero attached hydrogens (tertiary/aromatic N) is 1. The number of hydrogen-bond donors (Lipinski definition) is 2. The topological polar surface area (TPSA) is 35.5 Å². The minimum atomic E-state index is 0.0371. The molecule has 3 heteroatoms. The van der Waals surface area contributed by atoms with Gasteiger partial charge in [0.2, 0.25) is 0 Å². The number of rotatable bonds is 2. The van der Waals surface area contributed by atoms with Gasteiger partial charge in [0.05, 0.1) is 6.61 Å². The molecule has 1 fully saturated rings. The predicted octanol–water partition coefficient (Wildman–Crippen LogP) is 1.54. The quantitative estimate of drug-likeness (QED) is 0.815. The van der Waals surface area contributed by atoms with Crippen molar-refractivity contribution in [2.24, 2.45) is 0 Å². The molecule has 1 saturated heterocycles. The van der Waals surface area contributed by atoms with Crippen LogP contribution >= 0.6 is 0 Å². The highest BCUT2D eigenvalue weighted by Crippen LogP contribution is 2.22. The molecule has 0 radical (unpaired) electrons. The number of piperazine rings is 1. The van der Waals surface area contributed by atoms with Gasteiger partial charge in [0, 0.05) is 30.4 Å². The van der Waals surface area contributed by atoms with E-state index in [0.717, 1.165) is 13.1 Å². The molecular formula is C14H22N2O. The van der Waals surface area contributed by atoms with E-state index in [1.807, 2.05) is 0 Å². The lowest BCUT2D eigenvalue weighted by Gasteiger charge is -2.44. The van der Waals surface area contributed by atoms with Gasteiger partial charge in [-0.25, -0.2) is 0 Å². The Morgan fingerprint density at radius 1 is 1.47 bits per heavy atom. The predicted molar refractivity (Wildman–Crippen MR) is 71.5 cm³/mol. The first-order chi connectivity index (χ1) is 8.00. The zero-order valence-electron chi connectivity index (χ0n) is 10.9. The SMILES string of the molecule is Cc1cccc(N2CC(CO)NC(C)(C)C2)c1. The summed E-state index contributed by atoms with van der Waals surface area (Å²) in [5, 5.41) is 12.8. The van der Waals surface area contributed by atoms with Crippen molar-refractivity contribution in [2.75, 3.05) is 24.6 Å². The molecular weight excluding hydrogens is 212 g/mol. The molecule has 0 amide bonds. The van der Waals surface area contributed by atoms with Gasteiger partial charge in [-0.1, -0.05) is 12.1 Å². The van der Waals surface area contributed by atoms with Crippen LogP contribution in [0.5, 0.6) is 0 Å². The molecule has 1 atom stereocenters. The molecule has 2 N–H and O–H groups in total. The van der Waals surface area contributed by atoms with E-state index in [-0.39, 0.29) is 18.2 Å². The normalized spacial score (nSPS) is 23.8. The number of hydrogen-bond acceptors (Lipinski definition) is 3. The van der Waals surface area contributed by atoms with E-state index in [4.69, 9.17) is 0 Å². The van der Waals surface area contributed by atoms with Crippen LogP contribution in [0.25, 0.3) is 0 Å². The van der Waals surface area contributed by atoms with Crippen LogP contribution in [0.1, 0.15) is 19.4 Å². The van der Waals surface area contributed by atoms with Crippen LogP contribution in [0.3, 0.4) is 0 Å². The third-order valence-corrected chi connectivity index (χ3v) is 3.21. The number of benzene rings is 1. The second-order valence-electron chi connectivity index (χ2n) is 5.63. The van der Waals surface area contributed by atoms with Gasteiger partial charge in [-0.15, -0.1) is 0 Å². The fraction of sp³-hybridized carbons (Fsp3) is 0.571. The maximum absolute atomic E-state index is 9.35. The number of aliphatic hydroxyl groups excluding tert-OH is 1. The molecule has 0 aromatic heterocycles. The van der Waals surface area contributed by atoms with E-state index in [2.05, 4.69) is 55.3 Å². The van der Waals surface area contributed by atoms with Crippen molar-refractivity contribution in [2.45, 2.75) is 32.4 Å². The molecule has 0 saturated carbocycles. The average molecular weight is 234 g/mol. The molecule has 1 aliphatic rings. The van der Waals surface area contributed by atoms with Crippen LogP contribution in [0, 0.1) is 6.92 Å². The first-order valence-corrected chi connectivity index (χ1v) is 6.20. The fourth-order valence-electron chi connectivity index (χ4n) is 2.58. The Morgan fingerprint density at radius 3 is 2.88 bits per heavy atom. The first kappa shape index (κ1) is 12.4. The Kier molecular flexibility index (Phi) is 3.40. The molecule has 17 heavy (non-hydrogen) atoms. The lowest BCUT2D eigenvalue weighted by Crippen LogP contribution is -2.63. The maximum Gasteiger partial charge on any atom is 0.0602 e. The summed E-state index contributed by atoms with van der Waals surface area (Å²) in [6.45, 7) is 8.48. The van der Waals surface area contributed by atoms with Gasteiger partial charge in [0.15, 0.2) is 0 Å². The average Bonchev–Trinajstić information content (AvgIpc) is 2.27. The summed E-state index contributed by atoms with van der Waals surface area (Å²) < 4.78 is 0. The largest absolute Gasteiger partial charge is 0.395 e. The minimum absolute atomic E-state index is 0.0371. The van der Waals surface area contributed by atoms with Gasteiger partial charge in [-0.3, -0.25) is 0 Å². The highest BCUT2D eigenvalue weighted by atomic mass is 16.3. The number of nitrogens with one attached hydrogen (secondary N) is 1. The number of anilines is 1. The molecule has 0 aliphatic carbocycles. The lowest BCUT2D eigenvalue weighted by atomic mass is 9.98. The van der Waals surface area contributed by atoms with E-state index in [1.54, 1.807) is 0 Å². The molecule has 1 unspecified atom stereocenters. The van der Waals surface area contributed by atoms with Crippen LogP contribution in [0.15, 0.2) is 24.3 Å². The van der Waals surface area contributed by atoms with Gasteiger partial charge >= 0.3 is 0 Å². The van der Waals surface area contributed by atoms with Gasteiger partial charge in [-0.05, 0) is 38.5 Å². The third kappa shape index (κ3) is 2.99. The summed E-state index contributed by atoms with van der Waals surface area (Å²) in [6, 6.07) is 8.70. The summed E-state index contributed by atoms with van der Waals surface area (Å²) in [7, 11) is 0. The molecule has 0 bridgehead atoms. The second kappa shape index (κ2) is 4.67. The Morgan fingerprint density at radius 2 is 2.24 bits per heavy atom. The van der Waals surface area contributed by atoms with E-state index in [1.165, 1.54) is 11.3 Å². The van der Waals surface area contributed by atoms with Crippen LogP contribution < -0.4 is 10.2 Å². The van der Waals surface area contributed by atoms with E-state index < -0.39 is 0 Å². The Bertz CT molecular complexity index is 390. The molecule has 2 rings (SSSR count). The van der Waals surface area contributed by atoms with Gasteiger partial charge in [0.25, 0.3) is 0 Å². The molecule has 3 nitrogen and oxygen atoms in total. The summed E-state index contributed by atoms with van der Waals surface area (Å²) in [5.41, 5.74) is 2.56. The monoisotopic (exact) mass is 234 g/mol. The van der Waals surface area contributed by atoms with Crippen molar-refractivity contribution in [1.82, 2.24) is 5.32 Å². The van der Waals surface area contributed by atoms with Crippen molar-refractivity contribution >= 4 is 5.69 Å². The van der Waals surface area contributed by atoms with Crippen molar-refractivity contribution in [3.8, 4) is 0 Å². The van der Waals surface area contributed by atoms with E-state index >= 15 is 0 Å². The number of aryl methyl sites for hydroxylation is 1. The Labute approximate surface area is 103 Å². The summed E-state index contributed by atoms with van der Waals surface area (Å²) >= 11 is 0. The first-order valence-electron chi connectivity index (χ1n) is 6.20. The standard InChI is InChI=1S/C14H22N2O/c1-11-5-4-6-13(7-11)16-8-12(9-17)15-14(2,3)10-16/h4-7,12,15,17H,8-10H2,1-3H3. The summed E-state index contributed by atoms with van der Waals surface area (Å²) in [6.07, 6.45) is 0. The highest BCUT2D eigenvalue weighted by molar-refractivity contribution is 5.49. The highest BCUT2D eigenvalue weighted by Gasteiger charge is 2.31. The summed E-state index contributed by atoms with van der Waals surface area (Å²) in [4.78, 5) is 2.35. The molecule has 94 valence electrons. The molecule has 1 aliphatic heterocycles. The van der Waals surface area contributed by atoms with Crippen LogP contribution in [0.2, 0.25) is 0 Å². The van der Waals surface area contributed by atoms with Crippen LogP contribution in [-0.4, -0.2) is 36.4 Å². The molecule has 1 aromatic rings. The van der Waals surface area contributed by atoms with Gasteiger partial charge in [-0.2, -0.15) is 0 Å². The minimum Gasteiger partial charge on any atom is -0.395 e. The Balaban J connectivity index is 2.20. The van der Waals surface area contributed by atoms with Gasteiger partial charge in [0.1, 0.15) is 0 Å². The van der Waals surface area contributed by atoms with Crippen molar-refractivity contribution in [3.63, 3.8) is 0 Å². The third-order valence-electron chi connectivity index (χ3n) is 3.21. The molecule has 1 aromatic carbocycles. The van der Waals surface area contributed by atoms with E-state index in [0.29, 0.717) is 0 Å². The van der Waals surface area contributed by atoms with Crippen LogP contribution in [-0.2, 0) is 0 Å². The number of aliphatic hydroxyl groups is 1. The van der Waals surface area contributed by atoms with E-state index in [9.17, 15) is 5.11 Å². The van der Waals surface area contributed by atoms with Crippen molar-refractivity contribution in [1.29, 1.82) is 0 Å². The summed E-state index contributed by atoms with van der Waals surface area (Å²) in [5.74, 6) is 0. The fourth-order valence-corrected chi connectivity index (χ4v) is 2.58. The van der Waals surface area contributed by atoms with Gasteiger partial charge < -0.3 is 15.3 Å². The Hall–Kier alpha value is -1.06. The lowest BCUT2D eigenvalue weighted by molar-refractivity contribution is 0.191. The maximum atomic E-state index is 9.35. The zero-order valence-corrected chi connectivity index (χ0v) is 10.9. The molecule has 1 heterocycles.